The minimum atomic E-state index is -3.11. The molecule has 1 unspecified atom stereocenters. The number of amides is 1. The lowest BCUT2D eigenvalue weighted by atomic mass is 10.2. The fourth-order valence-corrected chi connectivity index (χ4v) is 5.92. The number of imidazole rings is 1. The van der Waals surface area contributed by atoms with Gasteiger partial charge in [-0.2, -0.15) is 8.78 Å². The van der Waals surface area contributed by atoms with Crippen molar-refractivity contribution in [3.63, 3.8) is 0 Å². The Morgan fingerprint density at radius 3 is 2.78 bits per heavy atom. The average Bonchev–Trinajstić information content (AvgIpc) is 3.17. The molecule has 1 aromatic carbocycles. The van der Waals surface area contributed by atoms with E-state index >= 15 is 0 Å². The Hall–Kier alpha value is -1.68. The molecule has 0 spiro atoms. The molecule has 10 heteroatoms. The van der Waals surface area contributed by atoms with Crippen LogP contribution in [0.5, 0.6) is 0 Å². The lowest BCUT2D eigenvalue weighted by Crippen LogP contribution is -2.42. The molecule has 2 heterocycles. The predicted molar refractivity (Wildman–Crippen MR) is 101 cm³/mol. The fourth-order valence-electron chi connectivity index (χ4n) is 3.30. The highest BCUT2D eigenvalue weighted by Gasteiger charge is 2.34. The molecule has 1 aliphatic heterocycles. The Labute approximate surface area is 160 Å². The maximum atomic E-state index is 13.5. The minimum Gasteiger partial charge on any atom is -0.338 e. The van der Waals surface area contributed by atoms with Gasteiger partial charge in [0.15, 0.2) is 15.0 Å². The first-order valence-corrected chi connectivity index (χ1v) is 11.5. The van der Waals surface area contributed by atoms with Crippen LogP contribution in [0, 0.1) is 0 Å². The van der Waals surface area contributed by atoms with Gasteiger partial charge in [0.25, 0.3) is 0 Å². The molecule has 0 radical (unpaired) electrons. The number of fused-ring (bicyclic) bond motifs is 1. The quantitative estimate of drug-likeness (QED) is 0.648. The van der Waals surface area contributed by atoms with Crippen LogP contribution in [0.15, 0.2) is 29.4 Å². The van der Waals surface area contributed by atoms with Crippen molar-refractivity contribution in [2.75, 3.05) is 23.8 Å². The smallest absolute Gasteiger partial charge is 0.321 e. The Balaban J connectivity index is 1.76. The number of carbonyl (C=O) groups excluding carboxylic acids is 1. The van der Waals surface area contributed by atoms with Crippen LogP contribution in [0.25, 0.3) is 11.0 Å². The molecular formula is C17H21F2N3O3S2. The highest BCUT2D eigenvalue weighted by atomic mass is 32.2. The number of sulfone groups is 1. The van der Waals surface area contributed by atoms with Crippen LogP contribution in [0.2, 0.25) is 0 Å². The van der Waals surface area contributed by atoms with Gasteiger partial charge in [-0.15, -0.1) is 0 Å². The molecule has 1 amide bonds. The molecule has 0 aliphatic carbocycles. The third kappa shape index (κ3) is 4.43. The number of carbonyl (C=O) groups is 1. The van der Waals surface area contributed by atoms with E-state index in [-0.39, 0.29) is 34.4 Å². The van der Waals surface area contributed by atoms with Gasteiger partial charge in [0.05, 0.1) is 28.3 Å². The summed E-state index contributed by atoms with van der Waals surface area (Å²) in [6, 6.07) is 6.25. The van der Waals surface area contributed by atoms with Crippen molar-refractivity contribution in [3.05, 3.63) is 24.3 Å². The van der Waals surface area contributed by atoms with E-state index in [1.807, 2.05) is 6.92 Å². The van der Waals surface area contributed by atoms with Crippen LogP contribution in [-0.4, -0.2) is 58.6 Å². The van der Waals surface area contributed by atoms with Gasteiger partial charge in [-0.05, 0) is 25.0 Å². The minimum absolute atomic E-state index is 0.0288. The summed E-state index contributed by atoms with van der Waals surface area (Å²) in [5, 5.41) is 0.0787. The zero-order chi connectivity index (χ0) is 19.6. The number of para-hydroxylation sites is 2. The molecule has 0 bridgehead atoms. The van der Waals surface area contributed by atoms with Gasteiger partial charge in [0, 0.05) is 12.6 Å². The number of thioether (sulfide) groups is 1. The van der Waals surface area contributed by atoms with Crippen molar-refractivity contribution >= 4 is 38.5 Å². The summed E-state index contributed by atoms with van der Waals surface area (Å²) in [5.74, 6) is -0.262. The fraction of sp³-hybridized carbons (Fsp3) is 0.529. The standard InChI is InChI=1S/C17H21F2N3O3S2/c1-2-8-21(12-7-9-27(24,25)11-12)15(23)10-26-17-20-13-5-3-4-6-14(13)22(17)16(18)19/h3-6,12,16H,2,7-11H2,1H3. The zero-order valence-electron chi connectivity index (χ0n) is 14.8. The number of nitrogens with zero attached hydrogens (tertiary/aromatic N) is 3. The van der Waals surface area contributed by atoms with Crippen LogP contribution >= 0.6 is 11.8 Å². The lowest BCUT2D eigenvalue weighted by Gasteiger charge is -2.27. The van der Waals surface area contributed by atoms with Crippen LogP contribution in [-0.2, 0) is 14.6 Å². The molecule has 27 heavy (non-hydrogen) atoms. The Kier molecular flexibility index (Phi) is 6.05. The summed E-state index contributed by atoms with van der Waals surface area (Å²) in [6.45, 7) is -0.403. The van der Waals surface area contributed by atoms with E-state index < -0.39 is 16.4 Å². The summed E-state index contributed by atoms with van der Waals surface area (Å²) >= 11 is 0.953. The number of alkyl halides is 2. The Morgan fingerprint density at radius 1 is 1.41 bits per heavy atom. The molecule has 148 valence electrons. The summed E-state index contributed by atoms with van der Waals surface area (Å²) in [7, 11) is -3.11. The van der Waals surface area contributed by atoms with Crippen molar-refractivity contribution in [1.29, 1.82) is 0 Å². The van der Waals surface area contributed by atoms with E-state index in [4.69, 9.17) is 0 Å². The first-order valence-electron chi connectivity index (χ1n) is 8.70. The maximum absolute atomic E-state index is 13.5. The summed E-state index contributed by atoms with van der Waals surface area (Å²) < 4.78 is 51.2. The molecule has 1 fully saturated rings. The maximum Gasteiger partial charge on any atom is 0.321 e. The largest absolute Gasteiger partial charge is 0.338 e. The SMILES string of the molecule is CCCN(C(=O)CSc1nc2ccccc2n1C(F)F)C1CCS(=O)(=O)C1. The van der Waals surface area contributed by atoms with Crippen LogP contribution in [0.1, 0.15) is 26.3 Å². The predicted octanol–water partition coefficient (Wildman–Crippen LogP) is 2.95. The number of rotatable bonds is 7. The first kappa shape index (κ1) is 20.1. The average molecular weight is 418 g/mol. The topological polar surface area (TPSA) is 72.3 Å². The second kappa shape index (κ2) is 8.14. The zero-order valence-corrected chi connectivity index (χ0v) is 16.5. The second-order valence-corrected chi connectivity index (χ2v) is 9.63. The van der Waals surface area contributed by atoms with Gasteiger partial charge in [-0.25, -0.2) is 13.4 Å². The van der Waals surface area contributed by atoms with E-state index in [9.17, 15) is 22.0 Å². The molecule has 2 aromatic rings. The van der Waals surface area contributed by atoms with Crippen molar-refractivity contribution in [2.45, 2.75) is 37.5 Å². The van der Waals surface area contributed by atoms with E-state index in [1.54, 1.807) is 29.2 Å². The van der Waals surface area contributed by atoms with E-state index in [0.717, 1.165) is 16.3 Å². The molecule has 1 aromatic heterocycles. The summed E-state index contributed by atoms with van der Waals surface area (Å²) in [4.78, 5) is 18.5. The Bertz CT molecular complexity index is 931. The molecular weight excluding hydrogens is 396 g/mol. The summed E-state index contributed by atoms with van der Waals surface area (Å²) in [5.41, 5.74) is 0.759. The van der Waals surface area contributed by atoms with Crippen LogP contribution < -0.4 is 0 Å². The third-order valence-electron chi connectivity index (χ3n) is 4.52. The molecule has 1 saturated heterocycles. The van der Waals surface area contributed by atoms with Gasteiger partial charge in [0.1, 0.15) is 0 Å². The third-order valence-corrected chi connectivity index (χ3v) is 7.21. The second-order valence-electron chi connectivity index (χ2n) is 6.46. The lowest BCUT2D eigenvalue weighted by molar-refractivity contribution is -0.130. The molecule has 0 saturated carbocycles. The molecule has 1 atom stereocenters. The molecule has 3 rings (SSSR count). The molecule has 1 aliphatic rings. The van der Waals surface area contributed by atoms with Gasteiger partial charge in [0.2, 0.25) is 5.91 Å². The number of hydrogen-bond acceptors (Lipinski definition) is 5. The number of hydrogen-bond donors (Lipinski definition) is 0. The van der Waals surface area contributed by atoms with Gasteiger partial charge in [-0.1, -0.05) is 30.8 Å². The number of aromatic nitrogens is 2. The van der Waals surface area contributed by atoms with E-state index in [2.05, 4.69) is 4.98 Å². The van der Waals surface area contributed by atoms with Crippen LogP contribution in [0.4, 0.5) is 8.78 Å². The number of benzene rings is 1. The van der Waals surface area contributed by atoms with Crippen molar-refractivity contribution < 1.29 is 22.0 Å². The van der Waals surface area contributed by atoms with Crippen LogP contribution in [0.3, 0.4) is 0 Å². The monoisotopic (exact) mass is 417 g/mol. The Morgan fingerprint density at radius 2 is 2.15 bits per heavy atom. The van der Waals surface area contributed by atoms with E-state index in [1.165, 1.54) is 0 Å². The van der Waals surface area contributed by atoms with Crippen molar-refractivity contribution in [2.24, 2.45) is 0 Å². The highest BCUT2D eigenvalue weighted by Crippen LogP contribution is 2.29. The normalized spacial score (nSPS) is 19.0. The van der Waals surface area contributed by atoms with Crippen molar-refractivity contribution in [3.8, 4) is 0 Å². The van der Waals surface area contributed by atoms with Crippen molar-refractivity contribution in [1.82, 2.24) is 14.5 Å². The number of halogens is 2. The summed E-state index contributed by atoms with van der Waals surface area (Å²) in [6.07, 6.45) is 1.12. The van der Waals surface area contributed by atoms with Gasteiger partial charge in [-0.3, -0.25) is 9.36 Å². The molecule has 0 N–H and O–H groups in total. The van der Waals surface area contributed by atoms with Gasteiger partial charge >= 0.3 is 6.55 Å². The van der Waals surface area contributed by atoms with E-state index in [0.29, 0.717) is 30.4 Å². The van der Waals surface area contributed by atoms with Gasteiger partial charge < -0.3 is 4.90 Å². The molecule has 6 nitrogen and oxygen atoms in total. The highest BCUT2D eigenvalue weighted by molar-refractivity contribution is 7.99. The first-order chi connectivity index (χ1) is 12.8.